The van der Waals surface area contributed by atoms with E-state index in [1.807, 2.05) is 19.9 Å². The van der Waals surface area contributed by atoms with Crippen LogP contribution in [0.15, 0.2) is 10.6 Å². The number of aromatic nitrogens is 1. The van der Waals surface area contributed by atoms with Crippen molar-refractivity contribution in [1.82, 2.24) is 5.16 Å². The minimum absolute atomic E-state index is 0.368. The van der Waals surface area contributed by atoms with E-state index < -0.39 is 5.60 Å². The van der Waals surface area contributed by atoms with Gasteiger partial charge in [0.1, 0.15) is 11.3 Å². The predicted octanol–water partition coefficient (Wildman–Crippen LogP) is 1.01. The first-order valence-electron chi connectivity index (χ1n) is 3.81. The van der Waals surface area contributed by atoms with Crippen molar-refractivity contribution in [1.29, 1.82) is 0 Å². The molecule has 1 aromatic heterocycles. The lowest BCUT2D eigenvalue weighted by molar-refractivity contribution is 0.0130. The normalized spacial score (nSPS) is 12.0. The van der Waals surface area contributed by atoms with E-state index in [-0.39, 0.29) is 0 Å². The highest BCUT2D eigenvalue weighted by molar-refractivity contribution is 5.11. The van der Waals surface area contributed by atoms with Gasteiger partial charge in [0.25, 0.3) is 0 Å². The molecular weight excluding hydrogens is 156 g/mol. The van der Waals surface area contributed by atoms with Crippen LogP contribution in [0.5, 0.6) is 0 Å². The molecule has 4 nitrogen and oxygen atoms in total. The molecule has 0 saturated heterocycles. The molecule has 0 saturated carbocycles. The van der Waals surface area contributed by atoms with Crippen molar-refractivity contribution < 1.29 is 9.26 Å². The molecule has 0 unspecified atom stereocenters. The van der Waals surface area contributed by atoms with Crippen LogP contribution in [0.2, 0.25) is 0 Å². The van der Waals surface area contributed by atoms with E-state index in [4.69, 9.17) is 15.0 Å². The standard InChI is InChI=1S/C8H14N2O2/c1-8(2,11-3)7-4-6(5-9)12-10-7/h4H,5,9H2,1-3H3. The van der Waals surface area contributed by atoms with Crippen LogP contribution in [-0.2, 0) is 16.9 Å². The van der Waals surface area contributed by atoms with Crippen LogP contribution in [0.3, 0.4) is 0 Å². The van der Waals surface area contributed by atoms with Gasteiger partial charge in [-0.15, -0.1) is 0 Å². The van der Waals surface area contributed by atoms with Crippen molar-refractivity contribution in [2.24, 2.45) is 5.73 Å². The van der Waals surface area contributed by atoms with Gasteiger partial charge in [0.15, 0.2) is 5.76 Å². The second kappa shape index (κ2) is 3.25. The average molecular weight is 170 g/mol. The van der Waals surface area contributed by atoms with E-state index in [2.05, 4.69) is 5.16 Å². The zero-order valence-corrected chi connectivity index (χ0v) is 7.63. The van der Waals surface area contributed by atoms with Gasteiger partial charge < -0.3 is 15.0 Å². The fourth-order valence-electron chi connectivity index (χ4n) is 0.797. The van der Waals surface area contributed by atoms with Crippen LogP contribution >= 0.6 is 0 Å². The van der Waals surface area contributed by atoms with Gasteiger partial charge in [-0.2, -0.15) is 0 Å². The number of rotatable bonds is 3. The Kier molecular flexibility index (Phi) is 2.49. The molecule has 0 aliphatic carbocycles. The first-order valence-corrected chi connectivity index (χ1v) is 3.81. The summed E-state index contributed by atoms with van der Waals surface area (Å²) in [5.74, 6) is 0.676. The molecule has 0 aliphatic heterocycles. The summed E-state index contributed by atoms with van der Waals surface area (Å²) >= 11 is 0. The van der Waals surface area contributed by atoms with Crippen molar-refractivity contribution in [3.63, 3.8) is 0 Å². The molecule has 2 N–H and O–H groups in total. The van der Waals surface area contributed by atoms with Crippen LogP contribution < -0.4 is 5.73 Å². The number of hydrogen-bond donors (Lipinski definition) is 1. The number of nitrogens with zero attached hydrogens (tertiary/aromatic N) is 1. The molecule has 0 aromatic carbocycles. The summed E-state index contributed by atoms with van der Waals surface area (Å²) in [6.07, 6.45) is 0. The van der Waals surface area contributed by atoms with Crippen molar-refractivity contribution >= 4 is 0 Å². The molecule has 1 aromatic rings. The van der Waals surface area contributed by atoms with Crippen LogP contribution in [0.4, 0.5) is 0 Å². The zero-order valence-electron chi connectivity index (χ0n) is 7.63. The Balaban J connectivity index is 2.88. The van der Waals surface area contributed by atoms with Crippen molar-refractivity contribution in [3.05, 3.63) is 17.5 Å². The number of methoxy groups -OCH3 is 1. The summed E-state index contributed by atoms with van der Waals surface area (Å²) in [5, 5.41) is 3.85. The minimum Gasteiger partial charge on any atom is -0.372 e. The number of ether oxygens (including phenoxy) is 1. The Morgan fingerprint density at radius 3 is 2.75 bits per heavy atom. The maximum absolute atomic E-state index is 5.37. The first kappa shape index (κ1) is 9.22. The fraction of sp³-hybridized carbons (Fsp3) is 0.625. The Hall–Kier alpha value is -0.870. The lowest BCUT2D eigenvalue weighted by atomic mass is 10.1. The third-order valence-electron chi connectivity index (χ3n) is 1.89. The lowest BCUT2D eigenvalue weighted by Gasteiger charge is -2.18. The van der Waals surface area contributed by atoms with Gasteiger partial charge in [-0.25, -0.2) is 0 Å². The maximum Gasteiger partial charge on any atom is 0.150 e. The topological polar surface area (TPSA) is 61.3 Å². The van der Waals surface area contributed by atoms with Gasteiger partial charge in [-0.05, 0) is 13.8 Å². The van der Waals surface area contributed by atoms with Gasteiger partial charge in [-0.1, -0.05) is 5.16 Å². The highest BCUT2D eigenvalue weighted by atomic mass is 16.5. The molecule has 68 valence electrons. The highest BCUT2D eigenvalue weighted by Crippen LogP contribution is 2.22. The SMILES string of the molecule is COC(C)(C)c1cc(CN)on1. The molecule has 0 radical (unpaired) electrons. The fourth-order valence-corrected chi connectivity index (χ4v) is 0.797. The largest absolute Gasteiger partial charge is 0.372 e. The third-order valence-corrected chi connectivity index (χ3v) is 1.89. The van der Waals surface area contributed by atoms with Gasteiger partial charge in [0.05, 0.1) is 6.54 Å². The monoisotopic (exact) mass is 170 g/mol. The zero-order chi connectivity index (χ0) is 9.19. The molecule has 0 aliphatic rings. The summed E-state index contributed by atoms with van der Waals surface area (Å²) in [6.45, 7) is 4.21. The van der Waals surface area contributed by atoms with Gasteiger partial charge in [0, 0.05) is 13.2 Å². The summed E-state index contributed by atoms with van der Waals surface area (Å²) in [6, 6.07) is 1.81. The number of nitrogens with two attached hydrogens (primary N) is 1. The van der Waals surface area contributed by atoms with E-state index in [0.717, 1.165) is 5.69 Å². The van der Waals surface area contributed by atoms with E-state index >= 15 is 0 Å². The molecule has 0 amide bonds. The third kappa shape index (κ3) is 1.65. The Morgan fingerprint density at radius 2 is 2.33 bits per heavy atom. The number of hydrogen-bond acceptors (Lipinski definition) is 4. The minimum atomic E-state index is -0.406. The van der Waals surface area contributed by atoms with Gasteiger partial charge in [0.2, 0.25) is 0 Å². The molecule has 1 heterocycles. The second-order valence-electron chi connectivity index (χ2n) is 3.10. The van der Waals surface area contributed by atoms with Crippen molar-refractivity contribution in [2.75, 3.05) is 7.11 Å². The quantitative estimate of drug-likeness (QED) is 0.735. The molecule has 0 bridgehead atoms. The van der Waals surface area contributed by atoms with E-state index in [1.165, 1.54) is 0 Å². The van der Waals surface area contributed by atoms with E-state index in [9.17, 15) is 0 Å². The van der Waals surface area contributed by atoms with Crippen LogP contribution in [-0.4, -0.2) is 12.3 Å². The van der Waals surface area contributed by atoms with Crippen molar-refractivity contribution in [3.8, 4) is 0 Å². The van der Waals surface area contributed by atoms with Crippen molar-refractivity contribution in [2.45, 2.75) is 26.0 Å². The predicted molar refractivity (Wildman–Crippen MR) is 44.4 cm³/mol. The van der Waals surface area contributed by atoms with Crippen LogP contribution in [0, 0.1) is 0 Å². The molecule has 0 spiro atoms. The average Bonchev–Trinajstić information content (AvgIpc) is 2.52. The van der Waals surface area contributed by atoms with Gasteiger partial charge >= 0.3 is 0 Å². The highest BCUT2D eigenvalue weighted by Gasteiger charge is 2.23. The van der Waals surface area contributed by atoms with Crippen LogP contribution in [0.1, 0.15) is 25.3 Å². The molecule has 0 atom stereocenters. The Bertz CT molecular complexity index is 255. The van der Waals surface area contributed by atoms with Gasteiger partial charge in [-0.3, -0.25) is 0 Å². The maximum atomic E-state index is 5.37. The van der Waals surface area contributed by atoms with Crippen LogP contribution in [0.25, 0.3) is 0 Å². The Morgan fingerprint density at radius 1 is 1.67 bits per heavy atom. The molecule has 1 rings (SSSR count). The molecule has 4 heteroatoms. The lowest BCUT2D eigenvalue weighted by Crippen LogP contribution is -2.19. The molecular formula is C8H14N2O2. The second-order valence-corrected chi connectivity index (χ2v) is 3.10. The smallest absolute Gasteiger partial charge is 0.150 e. The molecule has 0 fully saturated rings. The van der Waals surface area contributed by atoms with E-state index in [0.29, 0.717) is 12.3 Å². The molecule has 12 heavy (non-hydrogen) atoms. The summed E-state index contributed by atoms with van der Waals surface area (Å²) in [7, 11) is 1.64. The Labute approximate surface area is 71.7 Å². The summed E-state index contributed by atoms with van der Waals surface area (Å²) in [5.41, 5.74) is 5.74. The summed E-state index contributed by atoms with van der Waals surface area (Å²) < 4.78 is 10.2. The first-order chi connectivity index (χ1) is 5.60. The summed E-state index contributed by atoms with van der Waals surface area (Å²) in [4.78, 5) is 0. The van der Waals surface area contributed by atoms with E-state index in [1.54, 1.807) is 7.11 Å².